The maximum atomic E-state index is 13.5. The van der Waals surface area contributed by atoms with Gasteiger partial charge in [-0.2, -0.15) is 0 Å². The van der Waals surface area contributed by atoms with Gasteiger partial charge in [0.25, 0.3) is 0 Å². The number of hydrogen-bond donors (Lipinski definition) is 1. The van der Waals surface area contributed by atoms with Crippen molar-refractivity contribution < 1.29 is 23.8 Å². The van der Waals surface area contributed by atoms with Crippen molar-refractivity contribution in [1.82, 2.24) is 0 Å². The van der Waals surface area contributed by atoms with Gasteiger partial charge in [0.2, 0.25) is 5.91 Å². The standard InChI is InChI=1S/C24H28ClNO5/c1-4-16(2)31-21-10-9-19(15-20(21)22(27)29-3)26-23(28)24(11-13-30-14-12-24)17-5-7-18(25)8-6-17/h5-10,15-16H,4,11-14H2,1-3H3,(H,26,28). The molecule has 0 aromatic heterocycles. The molecular formula is C24H28ClNO5. The molecule has 3 rings (SSSR count). The third-order valence-corrected chi connectivity index (χ3v) is 5.98. The summed E-state index contributed by atoms with van der Waals surface area (Å²) in [6.45, 7) is 4.91. The van der Waals surface area contributed by atoms with E-state index in [9.17, 15) is 9.59 Å². The average Bonchev–Trinajstić information content (AvgIpc) is 2.80. The molecule has 1 aliphatic rings. The molecule has 2 aromatic carbocycles. The molecule has 1 heterocycles. The van der Waals surface area contributed by atoms with E-state index in [4.69, 9.17) is 25.8 Å². The van der Waals surface area contributed by atoms with E-state index >= 15 is 0 Å². The maximum absolute atomic E-state index is 13.5. The van der Waals surface area contributed by atoms with Crippen LogP contribution in [0, 0.1) is 0 Å². The number of benzene rings is 2. The molecular weight excluding hydrogens is 418 g/mol. The summed E-state index contributed by atoms with van der Waals surface area (Å²) in [6, 6.07) is 12.4. The highest BCUT2D eigenvalue weighted by atomic mass is 35.5. The normalized spacial score (nSPS) is 16.3. The summed E-state index contributed by atoms with van der Waals surface area (Å²) < 4.78 is 16.3. The number of methoxy groups -OCH3 is 1. The van der Waals surface area contributed by atoms with E-state index in [1.54, 1.807) is 30.3 Å². The Morgan fingerprint density at radius 2 is 1.84 bits per heavy atom. The molecule has 0 bridgehead atoms. The molecule has 1 atom stereocenters. The fourth-order valence-electron chi connectivity index (χ4n) is 3.67. The molecule has 6 nitrogen and oxygen atoms in total. The van der Waals surface area contributed by atoms with Crippen LogP contribution < -0.4 is 10.1 Å². The molecule has 2 aromatic rings. The van der Waals surface area contributed by atoms with E-state index in [2.05, 4.69) is 5.32 Å². The number of hydrogen-bond acceptors (Lipinski definition) is 5. The molecule has 0 spiro atoms. The van der Waals surface area contributed by atoms with Gasteiger partial charge in [-0.1, -0.05) is 30.7 Å². The Hall–Kier alpha value is -2.57. The first-order chi connectivity index (χ1) is 14.9. The lowest BCUT2D eigenvalue weighted by Gasteiger charge is -2.36. The fraction of sp³-hybridized carbons (Fsp3) is 0.417. The number of amides is 1. The van der Waals surface area contributed by atoms with Crippen molar-refractivity contribution in [1.29, 1.82) is 0 Å². The summed E-state index contributed by atoms with van der Waals surface area (Å²) in [5.74, 6) is -0.241. The Labute approximate surface area is 187 Å². The Balaban J connectivity index is 1.91. The van der Waals surface area contributed by atoms with Gasteiger partial charge in [-0.25, -0.2) is 4.79 Å². The van der Waals surface area contributed by atoms with Crippen LogP contribution in [0.5, 0.6) is 5.75 Å². The Kier molecular flexibility index (Phi) is 7.57. The molecule has 1 unspecified atom stereocenters. The number of carbonyl (C=O) groups is 2. The molecule has 1 fully saturated rings. The molecule has 1 aliphatic heterocycles. The first-order valence-electron chi connectivity index (χ1n) is 10.4. The van der Waals surface area contributed by atoms with Crippen LogP contribution in [0.1, 0.15) is 49.0 Å². The minimum Gasteiger partial charge on any atom is -0.490 e. The van der Waals surface area contributed by atoms with Crippen molar-refractivity contribution in [2.24, 2.45) is 0 Å². The van der Waals surface area contributed by atoms with Crippen LogP contribution >= 0.6 is 11.6 Å². The van der Waals surface area contributed by atoms with Crippen LogP contribution in [-0.2, 0) is 19.7 Å². The Morgan fingerprint density at radius 1 is 1.16 bits per heavy atom. The van der Waals surface area contributed by atoms with Crippen LogP contribution in [0.4, 0.5) is 5.69 Å². The van der Waals surface area contributed by atoms with Crippen molar-refractivity contribution in [2.45, 2.75) is 44.6 Å². The molecule has 31 heavy (non-hydrogen) atoms. The number of rotatable bonds is 7. The second kappa shape index (κ2) is 10.2. The predicted octanol–water partition coefficient (Wildman–Crippen LogP) is 4.99. The zero-order chi connectivity index (χ0) is 22.4. The van der Waals surface area contributed by atoms with Crippen LogP contribution in [0.2, 0.25) is 5.02 Å². The van der Waals surface area contributed by atoms with Gasteiger partial charge >= 0.3 is 5.97 Å². The minimum absolute atomic E-state index is 0.0562. The number of anilines is 1. The zero-order valence-corrected chi connectivity index (χ0v) is 18.8. The van der Waals surface area contributed by atoms with E-state index in [1.165, 1.54) is 7.11 Å². The Morgan fingerprint density at radius 3 is 2.45 bits per heavy atom. The second-order valence-electron chi connectivity index (χ2n) is 7.69. The minimum atomic E-state index is -0.736. The maximum Gasteiger partial charge on any atom is 0.341 e. The van der Waals surface area contributed by atoms with Gasteiger partial charge in [-0.3, -0.25) is 4.79 Å². The number of esters is 1. The van der Waals surface area contributed by atoms with Crippen LogP contribution in [0.15, 0.2) is 42.5 Å². The SMILES string of the molecule is CCC(C)Oc1ccc(NC(=O)C2(c3ccc(Cl)cc3)CCOCC2)cc1C(=O)OC. The summed E-state index contributed by atoms with van der Waals surface area (Å²) in [7, 11) is 1.32. The lowest BCUT2D eigenvalue weighted by molar-refractivity contribution is -0.125. The van der Waals surface area contributed by atoms with Crippen molar-refractivity contribution in [2.75, 3.05) is 25.6 Å². The molecule has 1 N–H and O–H groups in total. The molecule has 7 heteroatoms. The van der Waals surface area contributed by atoms with Gasteiger partial charge in [0.05, 0.1) is 18.6 Å². The van der Waals surface area contributed by atoms with Crippen LogP contribution in [-0.4, -0.2) is 38.3 Å². The third-order valence-electron chi connectivity index (χ3n) is 5.72. The summed E-state index contributed by atoms with van der Waals surface area (Å²) in [5.41, 5.74) is 0.928. The monoisotopic (exact) mass is 445 g/mol. The smallest absolute Gasteiger partial charge is 0.341 e. The largest absolute Gasteiger partial charge is 0.490 e. The third kappa shape index (κ3) is 5.20. The lowest BCUT2D eigenvalue weighted by Crippen LogP contribution is -2.44. The Bertz CT molecular complexity index is 922. The van der Waals surface area contributed by atoms with Crippen molar-refractivity contribution in [3.63, 3.8) is 0 Å². The van der Waals surface area contributed by atoms with Crippen LogP contribution in [0.25, 0.3) is 0 Å². The van der Waals surface area contributed by atoms with E-state index in [1.807, 2.05) is 26.0 Å². The first kappa shape index (κ1) is 23.1. The highest BCUT2D eigenvalue weighted by molar-refractivity contribution is 6.30. The van der Waals surface area contributed by atoms with Gasteiger partial charge < -0.3 is 19.5 Å². The molecule has 1 amide bonds. The molecule has 0 radical (unpaired) electrons. The highest BCUT2D eigenvalue weighted by Crippen LogP contribution is 2.37. The van der Waals surface area contributed by atoms with Gasteiger partial charge in [0.15, 0.2) is 0 Å². The fourth-order valence-corrected chi connectivity index (χ4v) is 3.79. The average molecular weight is 446 g/mol. The quantitative estimate of drug-likeness (QED) is 0.607. The predicted molar refractivity (Wildman–Crippen MR) is 120 cm³/mol. The van der Waals surface area contributed by atoms with Gasteiger partial charge in [-0.15, -0.1) is 0 Å². The summed E-state index contributed by atoms with van der Waals surface area (Å²) in [6.07, 6.45) is 1.85. The molecule has 0 saturated carbocycles. The number of nitrogens with one attached hydrogen (secondary N) is 1. The van der Waals surface area contributed by atoms with E-state index < -0.39 is 11.4 Å². The second-order valence-corrected chi connectivity index (χ2v) is 8.13. The lowest BCUT2D eigenvalue weighted by atomic mass is 9.73. The van der Waals surface area contributed by atoms with Crippen molar-refractivity contribution >= 4 is 29.2 Å². The highest BCUT2D eigenvalue weighted by Gasteiger charge is 2.41. The topological polar surface area (TPSA) is 73.9 Å². The van der Waals surface area contributed by atoms with E-state index in [0.29, 0.717) is 42.5 Å². The van der Waals surface area contributed by atoms with Gasteiger partial charge in [0, 0.05) is 23.9 Å². The van der Waals surface area contributed by atoms with Crippen molar-refractivity contribution in [3.05, 3.63) is 58.6 Å². The van der Waals surface area contributed by atoms with E-state index in [0.717, 1.165) is 12.0 Å². The molecule has 166 valence electrons. The van der Waals surface area contributed by atoms with Crippen molar-refractivity contribution in [3.8, 4) is 5.75 Å². The summed E-state index contributed by atoms with van der Waals surface area (Å²) in [4.78, 5) is 25.8. The number of carbonyl (C=O) groups excluding carboxylic acids is 2. The van der Waals surface area contributed by atoms with E-state index in [-0.39, 0.29) is 17.6 Å². The van der Waals surface area contributed by atoms with Gasteiger partial charge in [0.1, 0.15) is 11.3 Å². The number of halogens is 1. The molecule has 1 saturated heterocycles. The summed E-state index contributed by atoms with van der Waals surface area (Å²) in [5, 5.41) is 3.61. The zero-order valence-electron chi connectivity index (χ0n) is 18.1. The van der Waals surface area contributed by atoms with Crippen LogP contribution in [0.3, 0.4) is 0 Å². The first-order valence-corrected chi connectivity index (χ1v) is 10.8. The van der Waals surface area contributed by atoms with Gasteiger partial charge in [-0.05, 0) is 62.1 Å². The summed E-state index contributed by atoms with van der Waals surface area (Å²) >= 11 is 6.05. The number of ether oxygens (including phenoxy) is 3. The molecule has 0 aliphatic carbocycles.